The van der Waals surface area contributed by atoms with E-state index in [0.717, 1.165) is 25.7 Å². The number of amides is 2. The molecule has 1 aliphatic carbocycles. The predicted molar refractivity (Wildman–Crippen MR) is 72.0 cm³/mol. The van der Waals surface area contributed by atoms with E-state index in [2.05, 4.69) is 19.2 Å². The molecule has 2 N–H and O–H groups in total. The Morgan fingerprint density at radius 2 is 1.74 bits per heavy atom. The maximum atomic E-state index is 12.3. The van der Waals surface area contributed by atoms with Crippen molar-refractivity contribution in [2.24, 2.45) is 5.41 Å². The number of urea groups is 1. The molecule has 2 rings (SSSR count). The van der Waals surface area contributed by atoms with E-state index in [9.17, 15) is 14.7 Å². The Balaban J connectivity index is 2.02. The van der Waals surface area contributed by atoms with Crippen LogP contribution in [-0.4, -0.2) is 40.6 Å². The van der Waals surface area contributed by atoms with E-state index < -0.39 is 11.5 Å². The van der Waals surface area contributed by atoms with E-state index in [-0.39, 0.29) is 11.4 Å². The maximum Gasteiger partial charge on any atom is 0.329 e. The molecule has 0 radical (unpaired) electrons. The van der Waals surface area contributed by atoms with Crippen LogP contribution in [0.15, 0.2) is 0 Å². The molecule has 19 heavy (non-hydrogen) atoms. The first-order chi connectivity index (χ1) is 8.85. The van der Waals surface area contributed by atoms with Gasteiger partial charge in [-0.3, -0.25) is 0 Å². The van der Waals surface area contributed by atoms with Gasteiger partial charge >= 0.3 is 12.0 Å². The summed E-state index contributed by atoms with van der Waals surface area (Å²) >= 11 is 0. The van der Waals surface area contributed by atoms with Crippen molar-refractivity contribution in [1.82, 2.24) is 10.2 Å². The van der Waals surface area contributed by atoms with Crippen molar-refractivity contribution in [3.05, 3.63) is 0 Å². The molecule has 1 heterocycles. The van der Waals surface area contributed by atoms with Crippen molar-refractivity contribution < 1.29 is 14.7 Å². The van der Waals surface area contributed by atoms with Crippen molar-refractivity contribution in [1.29, 1.82) is 0 Å². The lowest BCUT2D eigenvalue weighted by molar-refractivity contribution is -0.145. The lowest BCUT2D eigenvalue weighted by Gasteiger charge is -2.35. The second-order valence-corrected chi connectivity index (χ2v) is 6.71. The molecule has 5 nitrogen and oxygen atoms in total. The third kappa shape index (κ3) is 3.01. The van der Waals surface area contributed by atoms with Crippen LogP contribution in [0.3, 0.4) is 0 Å². The summed E-state index contributed by atoms with van der Waals surface area (Å²) in [5.74, 6) is -0.890. The van der Waals surface area contributed by atoms with Crippen LogP contribution in [0.5, 0.6) is 0 Å². The van der Waals surface area contributed by atoms with Crippen molar-refractivity contribution in [2.75, 3.05) is 13.1 Å². The van der Waals surface area contributed by atoms with Gasteiger partial charge < -0.3 is 15.3 Å². The summed E-state index contributed by atoms with van der Waals surface area (Å²) in [4.78, 5) is 25.5. The fourth-order valence-corrected chi connectivity index (χ4v) is 3.12. The molecule has 1 aliphatic heterocycles. The third-order valence-electron chi connectivity index (χ3n) is 4.43. The summed E-state index contributed by atoms with van der Waals surface area (Å²) in [5, 5.41) is 12.2. The van der Waals surface area contributed by atoms with Gasteiger partial charge in [-0.05, 0) is 24.7 Å². The number of rotatable bonds is 2. The van der Waals surface area contributed by atoms with Gasteiger partial charge in [-0.1, -0.05) is 33.1 Å². The van der Waals surface area contributed by atoms with E-state index in [0.29, 0.717) is 25.9 Å². The average Bonchev–Trinajstić information content (AvgIpc) is 2.71. The van der Waals surface area contributed by atoms with E-state index in [1.165, 1.54) is 0 Å². The number of hydrogen-bond acceptors (Lipinski definition) is 2. The average molecular weight is 268 g/mol. The first-order valence-corrected chi connectivity index (χ1v) is 7.15. The zero-order valence-corrected chi connectivity index (χ0v) is 11.9. The fourth-order valence-electron chi connectivity index (χ4n) is 3.12. The van der Waals surface area contributed by atoms with Crippen LogP contribution in [0.25, 0.3) is 0 Å². The van der Waals surface area contributed by atoms with E-state index in [4.69, 9.17) is 0 Å². The smallest absolute Gasteiger partial charge is 0.329 e. The summed E-state index contributed by atoms with van der Waals surface area (Å²) in [5.41, 5.74) is -0.900. The highest BCUT2D eigenvalue weighted by Gasteiger charge is 2.43. The maximum absolute atomic E-state index is 12.3. The number of carbonyl (C=O) groups is 2. The monoisotopic (exact) mass is 268 g/mol. The minimum Gasteiger partial charge on any atom is -0.480 e. The minimum absolute atomic E-state index is 0.139. The number of carboxylic acids is 1. The van der Waals surface area contributed by atoms with Gasteiger partial charge in [-0.15, -0.1) is 0 Å². The van der Waals surface area contributed by atoms with Gasteiger partial charge in [0.25, 0.3) is 0 Å². The van der Waals surface area contributed by atoms with E-state index >= 15 is 0 Å². The summed E-state index contributed by atoms with van der Waals surface area (Å²) in [6, 6.07) is -0.213. The molecule has 108 valence electrons. The highest BCUT2D eigenvalue weighted by atomic mass is 16.4. The molecule has 0 atom stereocenters. The second-order valence-electron chi connectivity index (χ2n) is 6.71. The normalized spacial score (nSPS) is 25.1. The Kier molecular flexibility index (Phi) is 3.74. The second kappa shape index (κ2) is 5.02. The highest BCUT2D eigenvalue weighted by Crippen LogP contribution is 2.31. The lowest BCUT2D eigenvalue weighted by Crippen LogP contribution is -2.58. The fraction of sp³-hybridized carbons (Fsp3) is 0.857. The molecule has 0 spiro atoms. The number of likely N-dealkylation sites (tertiary alicyclic amines) is 1. The van der Waals surface area contributed by atoms with E-state index in [1.54, 1.807) is 4.90 Å². The summed E-state index contributed by atoms with van der Waals surface area (Å²) in [6.07, 6.45) is 4.87. The van der Waals surface area contributed by atoms with E-state index in [1.807, 2.05) is 0 Å². The molecule has 2 amide bonds. The Labute approximate surface area is 114 Å². The van der Waals surface area contributed by atoms with Crippen molar-refractivity contribution >= 4 is 12.0 Å². The van der Waals surface area contributed by atoms with Crippen molar-refractivity contribution in [2.45, 2.75) is 57.9 Å². The predicted octanol–water partition coefficient (Wildman–Crippen LogP) is 2.22. The van der Waals surface area contributed by atoms with Crippen LogP contribution >= 0.6 is 0 Å². The quantitative estimate of drug-likeness (QED) is 0.806. The molecule has 1 saturated heterocycles. The topological polar surface area (TPSA) is 69.6 Å². The van der Waals surface area contributed by atoms with Gasteiger partial charge in [-0.2, -0.15) is 0 Å². The molecule has 0 aromatic rings. The molecule has 2 aliphatic rings. The summed E-state index contributed by atoms with van der Waals surface area (Å²) in [6.45, 7) is 5.69. The Morgan fingerprint density at radius 3 is 2.21 bits per heavy atom. The van der Waals surface area contributed by atoms with Crippen LogP contribution in [0.1, 0.15) is 52.4 Å². The molecule has 0 aromatic heterocycles. The van der Waals surface area contributed by atoms with Gasteiger partial charge in [0, 0.05) is 13.1 Å². The molecular weight excluding hydrogens is 244 g/mol. The SMILES string of the molecule is CC1(C)CCN(C(=O)NC2(C(=O)O)CCCCC2)C1. The summed E-state index contributed by atoms with van der Waals surface area (Å²) < 4.78 is 0. The van der Waals surface area contributed by atoms with Gasteiger partial charge in [0.1, 0.15) is 5.54 Å². The molecule has 0 bridgehead atoms. The minimum atomic E-state index is -1.04. The van der Waals surface area contributed by atoms with Gasteiger partial charge in [-0.25, -0.2) is 9.59 Å². The Hall–Kier alpha value is -1.26. The number of aliphatic carboxylic acids is 1. The van der Waals surface area contributed by atoms with Crippen molar-refractivity contribution in [3.63, 3.8) is 0 Å². The number of carbonyl (C=O) groups excluding carboxylic acids is 1. The van der Waals surface area contributed by atoms with Crippen LogP contribution in [0, 0.1) is 5.41 Å². The molecule has 0 unspecified atom stereocenters. The van der Waals surface area contributed by atoms with Crippen LogP contribution in [0.2, 0.25) is 0 Å². The number of carboxylic acid groups (broad SMARTS) is 1. The zero-order valence-electron chi connectivity index (χ0n) is 11.9. The first-order valence-electron chi connectivity index (χ1n) is 7.15. The molecular formula is C14H24N2O3. The first kappa shape index (κ1) is 14.2. The Morgan fingerprint density at radius 1 is 1.11 bits per heavy atom. The third-order valence-corrected chi connectivity index (χ3v) is 4.43. The van der Waals surface area contributed by atoms with Gasteiger partial charge in [0.05, 0.1) is 0 Å². The van der Waals surface area contributed by atoms with Crippen LogP contribution in [0.4, 0.5) is 4.79 Å². The molecule has 2 fully saturated rings. The van der Waals surface area contributed by atoms with Gasteiger partial charge in [0.2, 0.25) is 0 Å². The van der Waals surface area contributed by atoms with Gasteiger partial charge in [0.15, 0.2) is 0 Å². The van der Waals surface area contributed by atoms with Crippen molar-refractivity contribution in [3.8, 4) is 0 Å². The highest BCUT2D eigenvalue weighted by molar-refractivity contribution is 5.86. The standard InChI is InChI=1S/C14H24N2O3/c1-13(2)8-9-16(10-13)12(19)15-14(11(17)18)6-4-3-5-7-14/h3-10H2,1-2H3,(H,15,19)(H,17,18). The molecule has 0 aromatic carbocycles. The summed E-state index contributed by atoms with van der Waals surface area (Å²) in [7, 11) is 0. The van der Waals surface area contributed by atoms with Crippen LogP contribution in [-0.2, 0) is 4.79 Å². The number of nitrogens with zero attached hydrogens (tertiary/aromatic N) is 1. The van der Waals surface area contributed by atoms with Crippen LogP contribution < -0.4 is 5.32 Å². The Bertz CT molecular complexity index is 373. The number of hydrogen-bond donors (Lipinski definition) is 2. The molecule has 1 saturated carbocycles. The molecule has 5 heteroatoms. The lowest BCUT2D eigenvalue weighted by atomic mass is 9.82. The zero-order chi connectivity index (χ0) is 14.1. The largest absolute Gasteiger partial charge is 0.480 e. The number of nitrogens with one attached hydrogen (secondary N) is 1.